The fraction of sp³-hybridized carbons (Fsp3) is 0.481. The van der Waals surface area contributed by atoms with Gasteiger partial charge < -0.3 is 28.7 Å². The van der Waals surface area contributed by atoms with Gasteiger partial charge in [-0.25, -0.2) is 0 Å². The number of amides is 2. The molecule has 2 aromatic rings. The number of carbonyl (C=O) groups excluding carboxylic acids is 2. The van der Waals surface area contributed by atoms with E-state index in [1.807, 2.05) is 23.1 Å². The molecule has 186 valence electrons. The maximum atomic E-state index is 13.9. The summed E-state index contributed by atoms with van der Waals surface area (Å²) < 4.78 is 22.1. The Morgan fingerprint density at radius 3 is 2.20 bits per heavy atom. The second-order valence-corrected chi connectivity index (χ2v) is 9.30. The number of nitrogens with zero attached hydrogens (tertiary/aromatic N) is 2. The van der Waals surface area contributed by atoms with Crippen molar-refractivity contribution in [3.05, 3.63) is 47.5 Å². The van der Waals surface area contributed by atoms with E-state index >= 15 is 0 Å². The highest BCUT2D eigenvalue weighted by Gasteiger charge is 2.46. The highest BCUT2D eigenvalue weighted by atomic mass is 16.6. The minimum Gasteiger partial charge on any atom is -0.497 e. The Morgan fingerprint density at radius 2 is 1.51 bits per heavy atom. The van der Waals surface area contributed by atoms with Crippen molar-refractivity contribution in [1.29, 1.82) is 0 Å². The minimum absolute atomic E-state index is 0.0981. The molecule has 2 aliphatic heterocycles. The summed E-state index contributed by atoms with van der Waals surface area (Å²) in [5.41, 5.74) is 0.962. The summed E-state index contributed by atoms with van der Waals surface area (Å²) in [6.07, 6.45) is 3.70. The lowest BCUT2D eigenvalue weighted by molar-refractivity contribution is -0.138. The van der Waals surface area contributed by atoms with Crippen molar-refractivity contribution in [2.45, 2.75) is 31.1 Å². The van der Waals surface area contributed by atoms with Crippen LogP contribution in [-0.2, 0) is 10.2 Å². The van der Waals surface area contributed by atoms with Crippen LogP contribution in [0, 0.1) is 0 Å². The van der Waals surface area contributed by atoms with Gasteiger partial charge in [-0.15, -0.1) is 0 Å². The first kappa shape index (κ1) is 23.3. The standard InChI is InChI=1S/C27H32N2O6/c1-32-20-6-7-21(23(18-20)33-2)25(30)28-11-13-29(14-12-28)26(31)27(9-3-4-10-27)19-5-8-22-24(17-19)35-16-15-34-22/h5-8,17-18H,3-4,9-16H2,1-2H3. The Labute approximate surface area is 205 Å². The normalized spacial score (nSPS) is 18.8. The van der Waals surface area contributed by atoms with Gasteiger partial charge in [0.25, 0.3) is 5.91 Å². The Balaban J connectivity index is 1.30. The molecule has 1 saturated heterocycles. The molecule has 0 spiro atoms. The van der Waals surface area contributed by atoms with Crippen LogP contribution in [0.4, 0.5) is 0 Å². The molecule has 0 radical (unpaired) electrons. The van der Waals surface area contributed by atoms with Crippen LogP contribution in [0.1, 0.15) is 41.6 Å². The van der Waals surface area contributed by atoms with Crippen molar-refractivity contribution < 1.29 is 28.5 Å². The number of carbonyl (C=O) groups is 2. The van der Waals surface area contributed by atoms with Crippen LogP contribution >= 0.6 is 0 Å². The van der Waals surface area contributed by atoms with Crippen molar-refractivity contribution in [3.8, 4) is 23.0 Å². The van der Waals surface area contributed by atoms with Gasteiger partial charge in [0.15, 0.2) is 11.5 Å². The van der Waals surface area contributed by atoms with Gasteiger partial charge in [-0.1, -0.05) is 18.9 Å². The summed E-state index contributed by atoms with van der Waals surface area (Å²) in [7, 11) is 3.12. The number of piperazine rings is 1. The molecule has 1 saturated carbocycles. The van der Waals surface area contributed by atoms with E-state index in [4.69, 9.17) is 18.9 Å². The van der Waals surface area contributed by atoms with Gasteiger partial charge in [-0.3, -0.25) is 9.59 Å². The average molecular weight is 481 g/mol. The second-order valence-electron chi connectivity index (χ2n) is 9.30. The second kappa shape index (κ2) is 9.68. The van der Waals surface area contributed by atoms with Crippen LogP contribution in [0.2, 0.25) is 0 Å². The fourth-order valence-electron chi connectivity index (χ4n) is 5.51. The molecule has 8 nitrogen and oxygen atoms in total. The van der Waals surface area contributed by atoms with E-state index in [1.54, 1.807) is 37.3 Å². The predicted octanol–water partition coefficient (Wildman–Crippen LogP) is 3.27. The SMILES string of the molecule is COc1ccc(C(=O)N2CCN(C(=O)C3(c4ccc5c(c4)OCCO5)CCCC3)CC2)c(OC)c1. The fourth-order valence-corrected chi connectivity index (χ4v) is 5.51. The Morgan fingerprint density at radius 1 is 0.829 bits per heavy atom. The summed E-state index contributed by atoms with van der Waals surface area (Å²) in [5, 5.41) is 0. The predicted molar refractivity (Wildman–Crippen MR) is 130 cm³/mol. The molecule has 0 atom stereocenters. The molecule has 2 amide bonds. The lowest BCUT2D eigenvalue weighted by Crippen LogP contribution is -2.55. The summed E-state index contributed by atoms with van der Waals surface area (Å²) >= 11 is 0. The lowest BCUT2D eigenvalue weighted by Gasteiger charge is -2.40. The van der Waals surface area contributed by atoms with Gasteiger partial charge >= 0.3 is 0 Å². The largest absolute Gasteiger partial charge is 0.497 e. The van der Waals surface area contributed by atoms with Crippen molar-refractivity contribution in [1.82, 2.24) is 9.80 Å². The van der Waals surface area contributed by atoms with E-state index in [2.05, 4.69) is 0 Å². The zero-order chi connectivity index (χ0) is 24.4. The molecule has 35 heavy (non-hydrogen) atoms. The highest BCUT2D eigenvalue weighted by molar-refractivity contribution is 5.97. The number of rotatable bonds is 5. The topological polar surface area (TPSA) is 77.5 Å². The monoisotopic (exact) mass is 480 g/mol. The molecule has 2 aromatic carbocycles. The number of ether oxygens (including phenoxy) is 4. The number of methoxy groups -OCH3 is 2. The highest BCUT2D eigenvalue weighted by Crippen LogP contribution is 2.45. The van der Waals surface area contributed by atoms with Crippen molar-refractivity contribution >= 4 is 11.8 Å². The van der Waals surface area contributed by atoms with Gasteiger partial charge in [0, 0.05) is 32.2 Å². The molecule has 2 heterocycles. The van der Waals surface area contributed by atoms with Crippen LogP contribution in [0.3, 0.4) is 0 Å². The molecule has 2 fully saturated rings. The van der Waals surface area contributed by atoms with Gasteiger partial charge in [0.05, 0.1) is 25.2 Å². The molecular weight excluding hydrogens is 448 g/mol. The van der Waals surface area contributed by atoms with E-state index in [-0.39, 0.29) is 11.8 Å². The van der Waals surface area contributed by atoms with E-state index < -0.39 is 5.41 Å². The van der Waals surface area contributed by atoms with Crippen molar-refractivity contribution in [2.24, 2.45) is 0 Å². The summed E-state index contributed by atoms with van der Waals surface area (Å²) in [5.74, 6) is 2.63. The van der Waals surface area contributed by atoms with Crippen LogP contribution in [-0.4, -0.2) is 75.2 Å². The quantitative estimate of drug-likeness (QED) is 0.654. The Kier molecular flexibility index (Phi) is 6.45. The van der Waals surface area contributed by atoms with Crippen LogP contribution in [0.15, 0.2) is 36.4 Å². The molecule has 0 unspecified atom stereocenters. The number of fused-ring (bicyclic) bond motifs is 1. The van der Waals surface area contributed by atoms with Gasteiger partial charge in [-0.2, -0.15) is 0 Å². The first-order valence-electron chi connectivity index (χ1n) is 12.3. The summed E-state index contributed by atoms with van der Waals surface area (Å²) in [4.78, 5) is 30.9. The first-order chi connectivity index (χ1) is 17.1. The van der Waals surface area contributed by atoms with Crippen LogP contribution < -0.4 is 18.9 Å². The van der Waals surface area contributed by atoms with E-state index in [1.165, 1.54) is 0 Å². The molecule has 0 aromatic heterocycles. The summed E-state index contributed by atoms with van der Waals surface area (Å²) in [6, 6.07) is 11.1. The maximum absolute atomic E-state index is 13.9. The van der Waals surface area contributed by atoms with E-state index in [0.29, 0.717) is 56.5 Å². The number of benzene rings is 2. The van der Waals surface area contributed by atoms with Crippen LogP contribution in [0.25, 0.3) is 0 Å². The van der Waals surface area contributed by atoms with E-state index in [0.717, 1.165) is 42.7 Å². The van der Waals surface area contributed by atoms with E-state index in [9.17, 15) is 9.59 Å². The smallest absolute Gasteiger partial charge is 0.257 e. The molecule has 5 rings (SSSR count). The van der Waals surface area contributed by atoms with Crippen molar-refractivity contribution in [3.63, 3.8) is 0 Å². The van der Waals surface area contributed by atoms with Gasteiger partial charge in [0.1, 0.15) is 24.7 Å². The molecule has 1 aliphatic carbocycles. The summed E-state index contributed by atoms with van der Waals surface area (Å²) in [6.45, 7) is 3.05. The Bertz CT molecular complexity index is 1100. The maximum Gasteiger partial charge on any atom is 0.257 e. The zero-order valence-electron chi connectivity index (χ0n) is 20.4. The zero-order valence-corrected chi connectivity index (χ0v) is 20.4. The average Bonchev–Trinajstić information content (AvgIpc) is 3.43. The van der Waals surface area contributed by atoms with Crippen LogP contribution in [0.5, 0.6) is 23.0 Å². The number of hydrogen-bond donors (Lipinski definition) is 0. The molecular formula is C27H32N2O6. The lowest BCUT2D eigenvalue weighted by atomic mass is 9.77. The first-order valence-corrected chi connectivity index (χ1v) is 12.3. The Hall–Kier alpha value is -3.42. The third-order valence-electron chi connectivity index (χ3n) is 7.45. The van der Waals surface area contributed by atoms with Gasteiger partial charge in [0.2, 0.25) is 5.91 Å². The third-order valence-corrected chi connectivity index (χ3v) is 7.45. The van der Waals surface area contributed by atoms with Crippen molar-refractivity contribution in [2.75, 3.05) is 53.6 Å². The molecule has 8 heteroatoms. The molecule has 0 bridgehead atoms. The minimum atomic E-state index is -0.540. The number of hydrogen-bond acceptors (Lipinski definition) is 6. The van der Waals surface area contributed by atoms with Gasteiger partial charge in [-0.05, 0) is 42.7 Å². The molecule has 0 N–H and O–H groups in total. The molecule has 3 aliphatic rings. The third kappa shape index (κ3) is 4.26.